The molecule has 1 aromatic rings. The van der Waals surface area contributed by atoms with Crippen molar-refractivity contribution >= 4 is 5.69 Å². The van der Waals surface area contributed by atoms with E-state index in [0.717, 1.165) is 0 Å². The van der Waals surface area contributed by atoms with Crippen LogP contribution in [0.25, 0.3) is 0 Å². The zero-order valence-electron chi connectivity index (χ0n) is 5.46. The Morgan fingerprint density at radius 3 is 2.67 bits per heavy atom. The SMILES string of the molecule is COc1nn(C)cc1N. The summed E-state index contributed by atoms with van der Waals surface area (Å²) in [6.07, 6.45) is 1.69. The molecule has 0 unspecified atom stereocenters. The average Bonchev–Trinajstić information content (AvgIpc) is 2.10. The molecule has 0 saturated heterocycles. The van der Waals surface area contributed by atoms with Crippen LogP contribution in [-0.4, -0.2) is 16.9 Å². The molecule has 2 N–H and O–H groups in total. The largest absolute Gasteiger partial charge is 0.478 e. The number of aromatic nitrogens is 2. The summed E-state index contributed by atoms with van der Waals surface area (Å²) in [5.41, 5.74) is 6.01. The highest BCUT2D eigenvalue weighted by Crippen LogP contribution is 2.15. The molecule has 0 aliphatic carbocycles. The Morgan fingerprint density at radius 1 is 1.78 bits per heavy atom. The molecule has 9 heavy (non-hydrogen) atoms. The number of rotatable bonds is 1. The monoisotopic (exact) mass is 127 g/mol. The molecule has 0 radical (unpaired) electrons. The number of nitrogens with two attached hydrogens (primary N) is 1. The molecule has 0 amide bonds. The summed E-state index contributed by atoms with van der Waals surface area (Å²) in [5, 5.41) is 3.90. The number of nitrogens with zero attached hydrogens (tertiary/aromatic N) is 2. The van der Waals surface area contributed by atoms with E-state index in [0.29, 0.717) is 11.6 Å². The molecule has 0 aliphatic rings. The third-order valence-corrected chi connectivity index (χ3v) is 1.01. The highest BCUT2D eigenvalue weighted by atomic mass is 16.5. The minimum atomic E-state index is 0.484. The van der Waals surface area contributed by atoms with Crippen LogP contribution >= 0.6 is 0 Å². The van der Waals surface area contributed by atoms with E-state index in [9.17, 15) is 0 Å². The fourth-order valence-electron chi connectivity index (χ4n) is 0.645. The van der Waals surface area contributed by atoms with Crippen molar-refractivity contribution in [3.63, 3.8) is 0 Å². The number of hydrogen-bond acceptors (Lipinski definition) is 3. The summed E-state index contributed by atoms with van der Waals surface area (Å²) >= 11 is 0. The van der Waals surface area contributed by atoms with E-state index in [1.807, 2.05) is 0 Å². The van der Waals surface area contributed by atoms with Crippen molar-refractivity contribution in [3.8, 4) is 5.88 Å². The van der Waals surface area contributed by atoms with Gasteiger partial charge in [-0.15, -0.1) is 5.10 Å². The van der Waals surface area contributed by atoms with Gasteiger partial charge in [0, 0.05) is 7.05 Å². The summed E-state index contributed by atoms with van der Waals surface area (Å²) in [6, 6.07) is 0. The topological polar surface area (TPSA) is 53.1 Å². The lowest BCUT2D eigenvalue weighted by atomic mass is 10.6. The number of aryl methyl sites for hydroxylation is 1. The smallest absolute Gasteiger partial charge is 0.255 e. The van der Waals surface area contributed by atoms with Crippen molar-refractivity contribution in [1.29, 1.82) is 0 Å². The lowest BCUT2D eigenvalue weighted by Gasteiger charge is -1.90. The molecule has 4 heteroatoms. The Hall–Kier alpha value is -1.19. The molecule has 0 aliphatic heterocycles. The van der Waals surface area contributed by atoms with Crippen molar-refractivity contribution in [1.82, 2.24) is 9.78 Å². The van der Waals surface area contributed by atoms with Gasteiger partial charge in [0.05, 0.1) is 13.3 Å². The molecule has 0 saturated carbocycles. The summed E-state index contributed by atoms with van der Waals surface area (Å²) in [4.78, 5) is 0. The Labute approximate surface area is 53.2 Å². The first kappa shape index (κ1) is 5.94. The van der Waals surface area contributed by atoms with Gasteiger partial charge in [-0.05, 0) is 0 Å². The van der Waals surface area contributed by atoms with Crippen molar-refractivity contribution in [2.75, 3.05) is 12.8 Å². The van der Waals surface area contributed by atoms with Gasteiger partial charge in [-0.1, -0.05) is 0 Å². The quantitative estimate of drug-likeness (QED) is 0.578. The number of nitrogen functional groups attached to an aromatic ring is 1. The minimum absolute atomic E-state index is 0.484. The maximum Gasteiger partial charge on any atom is 0.255 e. The number of hydrogen-bond donors (Lipinski definition) is 1. The van der Waals surface area contributed by atoms with E-state index in [1.54, 1.807) is 25.0 Å². The van der Waals surface area contributed by atoms with Crippen LogP contribution in [0.3, 0.4) is 0 Å². The summed E-state index contributed by atoms with van der Waals surface area (Å²) in [6.45, 7) is 0. The summed E-state index contributed by atoms with van der Waals surface area (Å²) in [7, 11) is 3.33. The first-order valence-corrected chi connectivity index (χ1v) is 2.57. The van der Waals surface area contributed by atoms with Gasteiger partial charge in [-0.25, -0.2) is 0 Å². The maximum absolute atomic E-state index is 5.44. The molecular weight excluding hydrogens is 118 g/mol. The van der Waals surface area contributed by atoms with Gasteiger partial charge in [0.25, 0.3) is 5.88 Å². The third-order valence-electron chi connectivity index (χ3n) is 1.01. The van der Waals surface area contributed by atoms with E-state index in [4.69, 9.17) is 10.5 Å². The van der Waals surface area contributed by atoms with Gasteiger partial charge in [0.1, 0.15) is 5.69 Å². The van der Waals surface area contributed by atoms with Crippen LogP contribution in [0, 0.1) is 0 Å². The van der Waals surface area contributed by atoms with Crippen LogP contribution in [0.4, 0.5) is 5.69 Å². The molecule has 50 valence electrons. The maximum atomic E-state index is 5.44. The molecule has 0 atom stereocenters. The standard InChI is InChI=1S/C5H9N3O/c1-8-3-4(6)5(7-8)9-2/h3H,6H2,1-2H3. The van der Waals surface area contributed by atoms with Crippen LogP contribution in [0.5, 0.6) is 5.88 Å². The van der Waals surface area contributed by atoms with Crippen molar-refractivity contribution < 1.29 is 4.74 Å². The van der Waals surface area contributed by atoms with E-state index < -0.39 is 0 Å². The summed E-state index contributed by atoms with van der Waals surface area (Å²) in [5.74, 6) is 0.484. The second kappa shape index (κ2) is 1.97. The van der Waals surface area contributed by atoms with Crippen LogP contribution < -0.4 is 10.5 Å². The summed E-state index contributed by atoms with van der Waals surface area (Å²) < 4.78 is 6.41. The van der Waals surface area contributed by atoms with Crippen LogP contribution in [0.2, 0.25) is 0 Å². The average molecular weight is 127 g/mol. The first-order chi connectivity index (χ1) is 4.24. The molecule has 1 aromatic heterocycles. The van der Waals surface area contributed by atoms with Crippen molar-refractivity contribution in [3.05, 3.63) is 6.20 Å². The Balaban J connectivity index is 3.01. The highest BCUT2D eigenvalue weighted by molar-refractivity contribution is 5.45. The molecular formula is C5H9N3O. The highest BCUT2D eigenvalue weighted by Gasteiger charge is 2.00. The molecule has 1 heterocycles. The predicted molar refractivity (Wildman–Crippen MR) is 34.2 cm³/mol. The molecule has 1 rings (SSSR count). The van der Waals surface area contributed by atoms with Crippen LogP contribution in [0.1, 0.15) is 0 Å². The van der Waals surface area contributed by atoms with E-state index in [-0.39, 0.29) is 0 Å². The van der Waals surface area contributed by atoms with Gasteiger partial charge >= 0.3 is 0 Å². The van der Waals surface area contributed by atoms with Gasteiger partial charge in [-0.2, -0.15) is 0 Å². The van der Waals surface area contributed by atoms with Crippen LogP contribution in [0.15, 0.2) is 6.20 Å². The second-order valence-corrected chi connectivity index (χ2v) is 1.77. The fraction of sp³-hybridized carbons (Fsp3) is 0.400. The zero-order chi connectivity index (χ0) is 6.85. The molecule has 0 fully saturated rings. The Bertz CT molecular complexity index is 206. The predicted octanol–water partition coefficient (Wildman–Crippen LogP) is 0.0109. The molecule has 4 nitrogen and oxygen atoms in total. The number of methoxy groups -OCH3 is 1. The third kappa shape index (κ3) is 0.960. The molecule has 0 bridgehead atoms. The van der Waals surface area contributed by atoms with Gasteiger partial charge in [0.15, 0.2) is 0 Å². The molecule has 0 spiro atoms. The number of ether oxygens (including phenoxy) is 1. The second-order valence-electron chi connectivity index (χ2n) is 1.77. The Kier molecular flexibility index (Phi) is 1.30. The van der Waals surface area contributed by atoms with Crippen molar-refractivity contribution in [2.45, 2.75) is 0 Å². The zero-order valence-corrected chi connectivity index (χ0v) is 5.46. The van der Waals surface area contributed by atoms with Gasteiger partial charge < -0.3 is 10.5 Å². The molecule has 0 aromatic carbocycles. The minimum Gasteiger partial charge on any atom is -0.478 e. The number of anilines is 1. The van der Waals surface area contributed by atoms with E-state index >= 15 is 0 Å². The first-order valence-electron chi connectivity index (χ1n) is 2.57. The van der Waals surface area contributed by atoms with Gasteiger partial charge in [-0.3, -0.25) is 4.68 Å². The normalized spacial score (nSPS) is 9.56. The lowest BCUT2D eigenvalue weighted by molar-refractivity contribution is 0.393. The van der Waals surface area contributed by atoms with E-state index in [1.165, 1.54) is 0 Å². The van der Waals surface area contributed by atoms with Crippen LogP contribution in [-0.2, 0) is 7.05 Å². The lowest BCUT2D eigenvalue weighted by Crippen LogP contribution is -1.89. The Morgan fingerprint density at radius 2 is 2.44 bits per heavy atom. The fourth-order valence-corrected chi connectivity index (χ4v) is 0.645. The van der Waals surface area contributed by atoms with E-state index in [2.05, 4.69) is 5.10 Å². The van der Waals surface area contributed by atoms with Crippen molar-refractivity contribution in [2.24, 2.45) is 7.05 Å². The van der Waals surface area contributed by atoms with Gasteiger partial charge in [0.2, 0.25) is 0 Å².